The normalized spacial score (nSPS) is 11.0. The number of allylic oxidation sites excluding steroid dienone is 2. The number of carbonyl (C=O) groups excluding carboxylic acids is 1. The van der Waals surface area contributed by atoms with Crippen LogP contribution in [0.5, 0.6) is 23.0 Å². The Morgan fingerprint density at radius 3 is 2.29 bits per heavy atom. The second-order valence-corrected chi connectivity index (χ2v) is 6.66. The van der Waals surface area contributed by atoms with Gasteiger partial charge in [-0.3, -0.25) is 4.79 Å². The van der Waals surface area contributed by atoms with E-state index in [4.69, 9.17) is 9.15 Å². The summed E-state index contributed by atoms with van der Waals surface area (Å²) in [5, 5.41) is 31.0. The van der Waals surface area contributed by atoms with Gasteiger partial charge < -0.3 is 29.3 Å². The fourth-order valence-corrected chi connectivity index (χ4v) is 3.24. The molecule has 28 heavy (non-hydrogen) atoms. The number of phenols is 3. The Kier molecular flexibility index (Phi) is 5.00. The number of ether oxygens (including phenoxy) is 1. The number of aromatic hydroxyl groups is 3. The minimum Gasteiger partial charge on any atom is -0.507 e. The highest BCUT2D eigenvalue weighted by atomic mass is 16.5. The van der Waals surface area contributed by atoms with Crippen molar-refractivity contribution in [2.24, 2.45) is 0 Å². The van der Waals surface area contributed by atoms with Crippen LogP contribution in [0, 0.1) is 0 Å². The Morgan fingerprint density at radius 1 is 1.04 bits per heavy atom. The molecule has 0 bridgehead atoms. The fraction of sp³-hybridized carbons (Fsp3) is 0.238. The lowest BCUT2D eigenvalue weighted by Gasteiger charge is -2.13. The van der Waals surface area contributed by atoms with Crippen molar-refractivity contribution < 1.29 is 29.3 Å². The van der Waals surface area contributed by atoms with Crippen LogP contribution in [-0.4, -0.2) is 28.7 Å². The molecule has 1 aromatic heterocycles. The number of rotatable bonds is 5. The van der Waals surface area contributed by atoms with Gasteiger partial charge in [-0.15, -0.1) is 0 Å². The van der Waals surface area contributed by atoms with Gasteiger partial charge in [0, 0.05) is 29.7 Å². The van der Waals surface area contributed by atoms with Crippen molar-refractivity contribution in [2.45, 2.75) is 26.7 Å². The van der Waals surface area contributed by atoms with E-state index in [1.807, 2.05) is 19.9 Å². The van der Waals surface area contributed by atoms with E-state index in [1.165, 1.54) is 19.2 Å². The molecule has 0 aliphatic carbocycles. The molecule has 0 fully saturated rings. The second kappa shape index (κ2) is 7.26. The highest BCUT2D eigenvalue weighted by molar-refractivity contribution is 5.98. The Labute approximate surface area is 160 Å². The van der Waals surface area contributed by atoms with Gasteiger partial charge in [0.2, 0.25) is 5.43 Å². The van der Waals surface area contributed by atoms with E-state index in [0.717, 1.165) is 5.57 Å². The van der Waals surface area contributed by atoms with Gasteiger partial charge in [-0.1, -0.05) is 11.6 Å². The molecule has 0 radical (unpaired) electrons. The molecule has 146 valence electrons. The molecule has 2 aromatic carbocycles. The summed E-state index contributed by atoms with van der Waals surface area (Å²) >= 11 is 0. The number of hydrogen-bond donors (Lipinski definition) is 3. The second-order valence-electron chi connectivity index (χ2n) is 6.66. The van der Waals surface area contributed by atoms with Crippen LogP contribution in [-0.2, 0) is 17.6 Å². The average Bonchev–Trinajstić information content (AvgIpc) is 2.60. The number of hydrogen-bond acceptors (Lipinski definition) is 7. The summed E-state index contributed by atoms with van der Waals surface area (Å²) in [7, 11) is 1.31. The third-order valence-electron chi connectivity index (χ3n) is 4.55. The fourth-order valence-electron chi connectivity index (χ4n) is 3.24. The Morgan fingerprint density at radius 2 is 1.68 bits per heavy atom. The minimum absolute atomic E-state index is 0.00529. The Hall–Kier alpha value is -3.48. The molecule has 0 saturated carbocycles. The van der Waals surface area contributed by atoms with E-state index in [1.54, 1.807) is 0 Å². The van der Waals surface area contributed by atoms with Crippen molar-refractivity contribution in [3.05, 3.63) is 45.1 Å². The highest BCUT2D eigenvalue weighted by Crippen LogP contribution is 2.40. The maximum atomic E-state index is 13.2. The lowest BCUT2D eigenvalue weighted by molar-refractivity contribution is -0.107. The van der Waals surface area contributed by atoms with Crippen LogP contribution >= 0.6 is 0 Å². The molecule has 0 unspecified atom stereocenters. The van der Waals surface area contributed by atoms with Gasteiger partial charge in [-0.05, 0) is 20.3 Å². The van der Waals surface area contributed by atoms with E-state index in [9.17, 15) is 24.9 Å². The van der Waals surface area contributed by atoms with E-state index in [2.05, 4.69) is 0 Å². The molecule has 1 heterocycles. The van der Waals surface area contributed by atoms with Crippen LogP contribution in [0.2, 0.25) is 0 Å². The van der Waals surface area contributed by atoms with Gasteiger partial charge in [0.25, 0.3) is 0 Å². The molecular weight excluding hydrogens is 364 g/mol. The number of phenolic OH excluding ortho intramolecular Hbond substituents is 3. The molecule has 3 rings (SSSR count). The van der Waals surface area contributed by atoms with Crippen LogP contribution in [0.3, 0.4) is 0 Å². The molecule has 0 spiro atoms. The molecule has 0 aliphatic rings. The quantitative estimate of drug-likeness (QED) is 0.351. The first-order chi connectivity index (χ1) is 13.3. The van der Waals surface area contributed by atoms with Crippen LogP contribution in [0.25, 0.3) is 21.9 Å². The van der Waals surface area contributed by atoms with Crippen molar-refractivity contribution in [3.63, 3.8) is 0 Å². The maximum absolute atomic E-state index is 13.2. The topological polar surface area (TPSA) is 117 Å². The first-order valence-corrected chi connectivity index (χ1v) is 8.60. The van der Waals surface area contributed by atoms with Crippen LogP contribution < -0.4 is 10.2 Å². The molecule has 0 amide bonds. The highest BCUT2D eigenvalue weighted by Gasteiger charge is 2.23. The molecule has 7 heteroatoms. The first kappa shape index (κ1) is 19.3. The molecule has 0 saturated heterocycles. The molecule has 0 aliphatic heterocycles. The van der Waals surface area contributed by atoms with Crippen molar-refractivity contribution in [1.29, 1.82) is 0 Å². The van der Waals surface area contributed by atoms with Gasteiger partial charge >= 0.3 is 0 Å². The number of carbonyl (C=O) groups is 1. The van der Waals surface area contributed by atoms with Crippen molar-refractivity contribution in [2.75, 3.05) is 7.11 Å². The third kappa shape index (κ3) is 3.05. The summed E-state index contributed by atoms with van der Waals surface area (Å²) in [6.45, 7) is 3.75. The summed E-state index contributed by atoms with van der Waals surface area (Å²) in [5.74, 6) is -0.889. The van der Waals surface area contributed by atoms with E-state index in [0.29, 0.717) is 6.29 Å². The summed E-state index contributed by atoms with van der Waals surface area (Å²) in [6, 6.07) is 2.46. The molecule has 3 N–H and O–H groups in total. The number of benzene rings is 2. The molecule has 0 atom stereocenters. The molecular formula is C21H20O7. The van der Waals surface area contributed by atoms with E-state index in [-0.39, 0.29) is 68.9 Å². The summed E-state index contributed by atoms with van der Waals surface area (Å²) in [4.78, 5) is 24.3. The zero-order valence-corrected chi connectivity index (χ0v) is 15.7. The van der Waals surface area contributed by atoms with Gasteiger partial charge in [0.05, 0.1) is 12.5 Å². The minimum atomic E-state index is -0.581. The maximum Gasteiger partial charge on any atom is 0.204 e. The number of aldehydes is 1. The van der Waals surface area contributed by atoms with Crippen LogP contribution in [0.1, 0.15) is 25.0 Å². The van der Waals surface area contributed by atoms with Crippen LogP contribution in [0.15, 0.2) is 33.0 Å². The summed E-state index contributed by atoms with van der Waals surface area (Å²) in [6.07, 6.45) is 2.43. The van der Waals surface area contributed by atoms with Gasteiger partial charge in [0.1, 0.15) is 34.3 Å². The van der Waals surface area contributed by atoms with Crippen LogP contribution in [0.4, 0.5) is 0 Å². The van der Waals surface area contributed by atoms with Gasteiger partial charge in [-0.2, -0.15) is 0 Å². The zero-order valence-electron chi connectivity index (χ0n) is 15.7. The Bertz CT molecular complexity index is 1180. The summed E-state index contributed by atoms with van der Waals surface area (Å²) in [5.41, 5.74) is 0.753. The van der Waals surface area contributed by atoms with Gasteiger partial charge in [-0.25, -0.2) is 0 Å². The van der Waals surface area contributed by atoms with Gasteiger partial charge in [0.15, 0.2) is 11.5 Å². The first-order valence-electron chi connectivity index (χ1n) is 8.60. The predicted molar refractivity (Wildman–Crippen MR) is 104 cm³/mol. The standard InChI is InChI=1S/C21H20O7/c1-10(2)4-5-11-13(23)8-16-18(19(11)25)20(26)17-12(6-7-22)21(27-3)14(24)9-15(17)28-16/h4,7-9,23-25H,5-6H2,1-3H3. The lowest BCUT2D eigenvalue weighted by atomic mass is 9.99. The monoisotopic (exact) mass is 384 g/mol. The largest absolute Gasteiger partial charge is 0.507 e. The smallest absolute Gasteiger partial charge is 0.204 e. The predicted octanol–water partition coefficient (Wildman–Crippen LogP) is 3.32. The molecule has 7 nitrogen and oxygen atoms in total. The van der Waals surface area contributed by atoms with Crippen molar-refractivity contribution in [1.82, 2.24) is 0 Å². The lowest BCUT2D eigenvalue weighted by Crippen LogP contribution is -2.08. The van der Waals surface area contributed by atoms with Crippen molar-refractivity contribution in [3.8, 4) is 23.0 Å². The number of fused-ring (bicyclic) bond motifs is 2. The molecule has 3 aromatic rings. The number of methoxy groups -OCH3 is 1. The average molecular weight is 384 g/mol. The SMILES string of the molecule is COc1c(O)cc2oc3cc(O)c(CC=C(C)C)c(O)c3c(=O)c2c1CC=O. The zero-order chi connectivity index (χ0) is 20.6. The summed E-state index contributed by atoms with van der Waals surface area (Å²) < 4.78 is 10.8. The third-order valence-corrected chi connectivity index (χ3v) is 4.55. The van der Waals surface area contributed by atoms with E-state index < -0.39 is 5.43 Å². The van der Waals surface area contributed by atoms with E-state index >= 15 is 0 Å². The Balaban J connectivity index is 2.48. The van der Waals surface area contributed by atoms with Crippen molar-refractivity contribution >= 4 is 28.2 Å².